The highest BCUT2D eigenvalue weighted by molar-refractivity contribution is 7.14. The molecule has 3 aromatic rings. The highest BCUT2D eigenvalue weighted by Crippen LogP contribution is 2.26. The van der Waals surface area contributed by atoms with Crippen LogP contribution in [0.1, 0.15) is 10.5 Å². The number of ether oxygens (including phenoxy) is 1. The topological polar surface area (TPSA) is 88.6 Å². The van der Waals surface area contributed by atoms with E-state index in [0.717, 1.165) is 10.5 Å². The average Bonchev–Trinajstić information content (AvgIpc) is 3.39. The monoisotopic (exact) mass is 449 g/mol. The second kappa shape index (κ2) is 9.64. The van der Waals surface area contributed by atoms with Gasteiger partial charge in [0.05, 0.1) is 17.3 Å². The van der Waals surface area contributed by atoms with Crippen molar-refractivity contribution in [2.24, 2.45) is 0 Å². The maximum absolute atomic E-state index is 12.2. The number of thiophene rings is 1. The molecular weight excluding hydrogens is 434 g/mol. The Morgan fingerprint density at radius 2 is 2.00 bits per heavy atom. The quantitative estimate of drug-likeness (QED) is 0.554. The number of likely N-dealkylation sites (N-methyl/N-ethyl adjacent to an activating group) is 1. The fraction of sp³-hybridized carbons (Fsp3) is 0.158. The van der Waals surface area contributed by atoms with E-state index in [1.54, 1.807) is 29.6 Å². The zero-order valence-electron chi connectivity index (χ0n) is 15.3. The summed E-state index contributed by atoms with van der Waals surface area (Å²) >= 11 is 8.85. The van der Waals surface area contributed by atoms with Crippen LogP contribution in [0.4, 0.5) is 5.69 Å². The van der Waals surface area contributed by atoms with Gasteiger partial charge in [0.1, 0.15) is 5.01 Å². The third-order valence-electron chi connectivity index (χ3n) is 3.76. The molecule has 0 fully saturated rings. The molecule has 2 aromatic heterocycles. The number of aromatic nitrogens is 1. The molecule has 1 N–H and O–H groups in total. The van der Waals surface area contributed by atoms with Gasteiger partial charge >= 0.3 is 5.97 Å². The molecule has 0 saturated carbocycles. The minimum absolute atomic E-state index is 0.142. The Bertz CT molecular complexity index is 1020. The zero-order valence-corrected chi connectivity index (χ0v) is 17.6. The standard InChI is InChI=1S/C19H16ClN3O4S2/c1-23(8-16(24)21-14-5-3-2-4-13(14)20)17(25)9-27-19(26)15-11-29-18(22-15)12-6-7-28-10-12/h2-7,10-11H,8-9H2,1H3,(H,21,24). The van der Waals surface area contributed by atoms with Crippen molar-refractivity contribution in [3.05, 3.63) is 57.2 Å². The van der Waals surface area contributed by atoms with Gasteiger partial charge in [-0.2, -0.15) is 11.3 Å². The van der Waals surface area contributed by atoms with E-state index in [1.807, 2.05) is 16.8 Å². The van der Waals surface area contributed by atoms with Crippen LogP contribution in [0, 0.1) is 0 Å². The number of hydrogen-bond donors (Lipinski definition) is 1. The molecule has 150 valence electrons. The first-order valence-corrected chi connectivity index (χ1v) is 10.6. The van der Waals surface area contributed by atoms with Gasteiger partial charge in [-0.25, -0.2) is 9.78 Å². The molecule has 0 spiro atoms. The van der Waals surface area contributed by atoms with E-state index >= 15 is 0 Å². The van der Waals surface area contributed by atoms with Crippen molar-refractivity contribution in [1.29, 1.82) is 0 Å². The molecule has 0 aliphatic heterocycles. The van der Waals surface area contributed by atoms with E-state index in [0.29, 0.717) is 15.7 Å². The summed E-state index contributed by atoms with van der Waals surface area (Å²) in [5.41, 5.74) is 1.53. The predicted molar refractivity (Wildman–Crippen MR) is 113 cm³/mol. The Morgan fingerprint density at radius 3 is 2.72 bits per heavy atom. The first-order chi connectivity index (χ1) is 13.9. The lowest BCUT2D eigenvalue weighted by atomic mass is 10.3. The van der Waals surface area contributed by atoms with Crippen LogP contribution in [-0.4, -0.2) is 47.9 Å². The first kappa shape index (κ1) is 21.0. The van der Waals surface area contributed by atoms with Crippen molar-refractivity contribution in [2.75, 3.05) is 25.5 Å². The summed E-state index contributed by atoms with van der Waals surface area (Å²) in [7, 11) is 1.44. The van der Waals surface area contributed by atoms with Crippen LogP contribution < -0.4 is 5.32 Å². The maximum atomic E-state index is 12.2. The van der Waals surface area contributed by atoms with Crippen LogP contribution in [-0.2, 0) is 14.3 Å². The molecule has 29 heavy (non-hydrogen) atoms. The summed E-state index contributed by atoms with van der Waals surface area (Å²) in [6.45, 7) is -0.694. The molecular formula is C19H16ClN3O4S2. The summed E-state index contributed by atoms with van der Waals surface area (Å²) in [5, 5.41) is 9.16. The van der Waals surface area contributed by atoms with Crippen LogP contribution >= 0.6 is 34.3 Å². The predicted octanol–water partition coefficient (Wildman–Crippen LogP) is 3.78. The smallest absolute Gasteiger partial charge is 0.358 e. The number of amides is 2. The van der Waals surface area contributed by atoms with E-state index in [4.69, 9.17) is 16.3 Å². The van der Waals surface area contributed by atoms with Crippen LogP contribution in [0.5, 0.6) is 0 Å². The van der Waals surface area contributed by atoms with Gasteiger partial charge < -0.3 is 15.0 Å². The van der Waals surface area contributed by atoms with Crippen molar-refractivity contribution < 1.29 is 19.1 Å². The highest BCUT2D eigenvalue weighted by atomic mass is 35.5. The second-order valence-electron chi connectivity index (χ2n) is 5.90. The molecule has 0 atom stereocenters. The van der Waals surface area contributed by atoms with Gasteiger partial charge in [-0.15, -0.1) is 11.3 Å². The maximum Gasteiger partial charge on any atom is 0.358 e. The fourth-order valence-electron chi connectivity index (χ4n) is 2.25. The third kappa shape index (κ3) is 5.63. The van der Waals surface area contributed by atoms with Crippen molar-refractivity contribution in [2.45, 2.75) is 0 Å². The van der Waals surface area contributed by atoms with Gasteiger partial charge in [0.25, 0.3) is 5.91 Å². The van der Waals surface area contributed by atoms with Gasteiger partial charge in [0.2, 0.25) is 5.91 Å². The normalized spacial score (nSPS) is 10.4. The Balaban J connectivity index is 1.47. The molecule has 0 unspecified atom stereocenters. The molecule has 3 rings (SSSR count). The summed E-state index contributed by atoms with van der Waals surface area (Å²) in [5.74, 6) is -1.62. The molecule has 7 nitrogen and oxygen atoms in total. The summed E-state index contributed by atoms with van der Waals surface area (Å²) in [6, 6.07) is 8.69. The van der Waals surface area contributed by atoms with Gasteiger partial charge in [-0.05, 0) is 23.6 Å². The van der Waals surface area contributed by atoms with Gasteiger partial charge in [-0.1, -0.05) is 23.7 Å². The lowest BCUT2D eigenvalue weighted by Gasteiger charge is -2.17. The minimum Gasteiger partial charge on any atom is -0.451 e. The SMILES string of the molecule is CN(CC(=O)Nc1ccccc1Cl)C(=O)COC(=O)c1csc(-c2ccsc2)n1. The summed E-state index contributed by atoms with van der Waals surface area (Å²) in [4.78, 5) is 41.7. The van der Waals surface area contributed by atoms with E-state index < -0.39 is 24.4 Å². The fourth-order valence-corrected chi connectivity index (χ4v) is 3.94. The molecule has 1 aromatic carbocycles. The molecule has 0 aliphatic carbocycles. The van der Waals surface area contributed by atoms with E-state index in [1.165, 1.54) is 29.7 Å². The highest BCUT2D eigenvalue weighted by Gasteiger charge is 2.18. The number of halogens is 1. The van der Waals surface area contributed by atoms with Crippen molar-refractivity contribution in [1.82, 2.24) is 9.88 Å². The molecule has 0 aliphatic rings. The van der Waals surface area contributed by atoms with Crippen LogP contribution in [0.2, 0.25) is 5.02 Å². The van der Waals surface area contributed by atoms with Crippen LogP contribution in [0.25, 0.3) is 10.6 Å². The van der Waals surface area contributed by atoms with E-state index in [9.17, 15) is 14.4 Å². The number of para-hydroxylation sites is 1. The number of nitrogens with zero attached hydrogens (tertiary/aromatic N) is 2. The summed E-state index contributed by atoms with van der Waals surface area (Å²) in [6.07, 6.45) is 0. The lowest BCUT2D eigenvalue weighted by Crippen LogP contribution is -2.37. The Morgan fingerprint density at radius 1 is 1.21 bits per heavy atom. The number of carbonyl (C=O) groups excluding carboxylic acids is 3. The molecule has 2 amide bonds. The Labute approximate surface area is 179 Å². The number of anilines is 1. The van der Waals surface area contributed by atoms with Gasteiger partial charge in [0.15, 0.2) is 12.3 Å². The zero-order chi connectivity index (χ0) is 20.8. The van der Waals surface area contributed by atoms with E-state index in [-0.39, 0.29) is 12.2 Å². The number of hydrogen-bond acceptors (Lipinski definition) is 7. The number of esters is 1. The molecule has 2 heterocycles. The first-order valence-electron chi connectivity index (χ1n) is 8.37. The van der Waals surface area contributed by atoms with Gasteiger partial charge in [0, 0.05) is 23.4 Å². The number of carbonyl (C=O) groups is 3. The number of benzene rings is 1. The molecule has 10 heteroatoms. The van der Waals surface area contributed by atoms with Gasteiger partial charge in [-0.3, -0.25) is 9.59 Å². The van der Waals surface area contributed by atoms with Crippen molar-refractivity contribution in [3.8, 4) is 10.6 Å². The Kier molecular flexibility index (Phi) is 6.97. The number of thiazole rings is 1. The molecule has 0 bridgehead atoms. The summed E-state index contributed by atoms with van der Waals surface area (Å²) < 4.78 is 5.02. The molecule has 0 saturated heterocycles. The van der Waals surface area contributed by atoms with Crippen LogP contribution in [0.15, 0.2) is 46.5 Å². The lowest BCUT2D eigenvalue weighted by molar-refractivity contribution is -0.136. The average molecular weight is 450 g/mol. The van der Waals surface area contributed by atoms with E-state index in [2.05, 4.69) is 10.3 Å². The third-order valence-corrected chi connectivity index (χ3v) is 5.67. The van der Waals surface area contributed by atoms with Crippen molar-refractivity contribution in [3.63, 3.8) is 0 Å². The van der Waals surface area contributed by atoms with Crippen molar-refractivity contribution >= 4 is 57.7 Å². The van der Waals surface area contributed by atoms with Crippen LogP contribution in [0.3, 0.4) is 0 Å². The largest absolute Gasteiger partial charge is 0.451 e. The number of nitrogens with one attached hydrogen (secondary N) is 1. The Hall–Kier alpha value is -2.75. The second-order valence-corrected chi connectivity index (χ2v) is 7.95. The molecule has 0 radical (unpaired) electrons. The minimum atomic E-state index is -0.690. The number of rotatable bonds is 7.